The SMILES string of the molecule is CC(=O)OC(=O)/C=C/C(=O)O.C[N+](C)(C)C[C@H](O)CC(=O)O.[Mg+2]. The number of esters is 2. The van der Waals surface area contributed by atoms with Crippen molar-refractivity contribution in [2.45, 2.75) is 19.4 Å². The Morgan fingerprint density at radius 2 is 1.57 bits per heavy atom. The summed E-state index contributed by atoms with van der Waals surface area (Å²) in [6.07, 6.45) is 0.331. The number of aliphatic carboxylic acids is 2. The van der Waals surface area contributed by atoms with Crippen molar-refractivity contribution in [3.63, 3.8) is 0 Å². The van der Waals surface area contributed by atoms with Crippen molar-refractivity contribution in [3.05, 3.63) is 12.2 Å². The van der Waals surface area contributed by atoms with Crippen molar-refractivity contribution in [2.24, 2.45) is 0 Å². The van der Waals surface area contributed by atoms with Gasteiger partial charge in [-0.15, -0.1) is 0 Å². The fourth-order valence-electron chi connectivity index (χ4n) is 1.21. The number of hydrogen-bond acceptors (Lipinski definition) is 6. The van der Waals surface area contributed by atoms with Crippen LogP contribution in [0.15, 0.2) is 12.2 Å². The zero-order valence-electron chi connectivity index (χ0n) is 13.7. The Bertz CT molecular complexity index is 442. The number of ether oxygens (including phenoxy) is 1. The van der Waals surface area contributed by atoms with E-state index in [1.165, 1.54) is 0 Å². The van der Waals surface area contributed by atoms with Crippen molar-refractivity contribution in [1.29, 1.82) is 0 Å². The number of carbonyl (C=O) groups excluding carboxylic acids is 2. The van der Waals surface area contributed by atoms with Crippen LogP contribution in [0.3, 0.4) is 0 Å². The number of aliphatic hydroxyl groups excluding tert-OH is 1. The Labute approximate surface area is 150 Å². The zero-order chi connectivity index (χ0) is 17.9. The Morgan fingerprint density at radius 1 is 1.09 bits per heavy atom. The first-order valence-electron chi connectivity index (χ1n) is 6.17. The molecular weight excluding hydrogens is 322 g/mol. The molecule has 0 spiro atoms. The van der Waals surface area contributed by atoms with E-state index < -0.39 is 30.0 Å². The minimum Gasteiger partial charge on any atom is -0.481 e. The van der Waals surface area contributed by atoms with E-state index in [2.05, 4.69) is 4.74 Å². The summed E-state index contributed by atoms with van der Waals surface area (Å²) < 4.78 is 4.55. The molecule has 0 heterocycles. The van der Waals surface area contributed by atoms with Crippen molar-refractivity contribution >= 4 is 46.9 Å². The normalized spacial score (nSPS) is 11.5. The van der Waals surface area contributed by atoms with Gasteiger partial charge in [0, 0.05) is 19.1 Å². The van der Waals surface area contributed by atoms with E-state index in [1.807, 2.05) is 21.1 Å². The molecule has 3 N–H and O–H groups in total. The third-order valence-corrected chi connectivity index (χ3v) is 1.78. The molecule has 10 heteroatoms. The standard InChI is InChI=1S/C7H15NO3.C6H6O5.Mg/c1-8(2,3)5-6(9)4-7(10)11;1-4(7)11-6(10)3-2-5(8)9;/h6,9H,4-5H2,1-3H3;2-3H,1H3,(H,8,9);/q;;+2/p+1/b;3-2+;/t6-;;/m1../s1. The van der Waals surface area contributed by atoms with Gasteiger partial charge in [0.2, 0.25) is 0 Å². The molecule has 0 aromatic carbocycles. The van der Waals surface area contributed by atoms with E-state index in [1.54, 1.807) is 0 Å². The predicted octanol–water partition coefficient (Wildman–Crippen LogP) is -1.14. The molecule has 0 aromatic heterocycles. The van der Waals surface area contributed by atoms with Crippen LogP contribution >= 0.6 is 0 Å². The van der Waals surface area contributed by atoms with Crippen molar-refractivity contribution in [3.8, 4) is 0 Å². The largest absolute Gasteiger partial charge is 2.00 e. The molecule has 1 atom stereocenters. The molecule has 0 bridgehead atoms. The number of nitrogens with zero attached hydrogens (tertiary/aromatic N) is 1. The van der Waals surface area contributed by atoms with Crippen LogP contribution in [-0.2, 0) is 23.9 Å². The van der Waals surface area contributed by atoms with E-state index in [0.717, 1.165) is 6.92 Å². The topological polar surface area (TPSA) is 138 Å². The maximum atomic E-state index is 10.4. The maximum absolute atomic E-state index is 10.4. The third kappa shape index (κ3) is 25.8. The van der Waals surface area contributed by atoms with Crippen molar-refractivity contribution in [1.82, 2.24) is 0 Å². The van der Waals surface area contributed by atoms with Gasteiger partial charge in [-0.05, 0) is 0 Å². The minimum absolute atomic E-state index is 0. The summed E-state index contributed by atoms with van der Waals surface area (Å²) in [5.41, 5.74) is 0. The second kappa shape index (κ2) is 13.0. The number of aliphatic hydroxyl groups is 1. The summed E-state index contributed by atoms with van der Waals surface area (Å²) in [5, 5.41) is 25.5. The number of carboxylic acid groups (broad SMARTS) is 2. The van der Waals surface area contributed by atoms with Gasteiger partial charge in [0.25, 0.3) is 0 Å². The van der Waals surface area contributed by atoms with Gasteiger partial charge in [-0.3, -0.25) is 9.59 Å². The van der Waals surface area contributed by atoms with E-state index >= 15 is 0 Å². The summed E-state index contributed by atoms with van der Waals surface area (Å²) in [7, 11) is 5.72. The molecule has 9 nitrogen and oxygen atoms in total. The quantitative estimate of drug-likeness (QED) is 0.181. The van der Waals surface area contributed by atoms with Gasteiger partial charge in [-0.25, -0.2) is 9.59 Å². The Balaban J connectivity index is -0.000000333. The summed E-state index contributed by atoms with van der Waals surface area (Å²) in [4.78, 5) is 40.4. The van der Waals surface area contributed by atoms with Gasteiger partial charge < -0.3 is 24.5 Å². The molecule has 0 saturated carbocycles. The monoisotopic (exact) mass is 344 g/mol. The average Bonchev–Trinajstić information content (AvgIpc) is 2.22. The maximum Gasteiger partial charge on any atom is 2.00 e. The second-order valence-electron chi connectivity index (χ2n) is 5.31. The minimum atomic E-state index is -1.27. The van der Waals surface area contributed by atoms with Crippen molar-refractivity contribution in [2.75, 3.05) is 27.7 Å². The number of carboxylic acids is 2. The molecule has 0 aliphatic heterocycles. The van der Waals surface area contributed by atoms with Crippen LogP contribution in [0.2, 0.25) is 0 Å². The van der Waals surface area contributed by atoms with Crippen LogP contribution in [0.5, 0.6) is 0 Å². The number of quaternary nitrogens is 1. The van der Waals surface area contributed by atoms with Crippen LogP contribution < -0.4 is 0 Å². The van der Waals surface area contributed by atoms with Gasteiger partial charge in [-0.2, -0.15) is 0 Å². The Kier molecular flexibility index (Phi) is 14.9. The van der Waals surface area contributed by atoms with Gasteiger partial charge in [-0.1, -0.05) is 0 Å². The molecule has 0 saturated heterocycles. The number of likely N-dealkylation sites (N-methyl/N-ethyl adjacent to an activating group) is 1. The Hall–Kier alpha value is -1.49. The van der Waals surface area contributed by atoms with Crippen LogP contribution in [-0.4, -0.2) is 101 Å². The van der Waals surface area contributed by atoms with E-state index in [9.17, 15) is 19.2 Å². The van der Waals surface area contributed by atoms with Crippen molar-refractivity contribution < 1.29 is 43.7 Å². The number of rotatable bonds is 6. The molecule has 126 valence electrons. The average molecular weight is 345 g/mol. The van der Waals surface area contributed by atoms with Crippen LogP contribution in [0, 0.1) is 0 Å². The van der Waals surface area contributed by atoms with Gasteiger partial charge in [0.05, 0.1) is 27.6 Å². The first-order chi connectivity index (χ1) is 9.83. The fourth-order valence-corrected chi connectivity index (χ4v) is 1.21. The zero-order valence-corrected chi connectivity index (χ0v) is 15.1. The van der Waals surface area contributed by atoms with E-state index in [-0.39, 0.29) is 29.5 Å². The molecule has 0 unspecified atom stereocenters. The smallest absolute Gasteiger partial charge is 0.481 e. The van der Waals surface area contributed by atoms with Gasteiger partial charge in [0.1, 0.15) is 12.6 Å². The predicted molar refractivity (Wildman–Crippen MR) is 80.5 cm³/mol. The summed E-state index contributed by atoms with van der Waals surface area (Å²) >= 11 is 0. The summed E-state index contributed by atoms with van der Waals surface area (Å²) in [6.45, 7) is 1.51. The Morgan fingerprint density at radius 3 is 1.87 bits per heavy atom. The molecule has 0 radical (unpaired) electrons. The number of hydrogen-bond donors (Lipinski definition) is 3. The molecule has 0 aliphatic rings. The summed E-state index contributed by atoms with van der Waals surface area (Å²) in [5.74, 6) is -3.98. The van der Waals surface area contributed by atoms with E-state index in [0.29, 0.717) is 23.2 Å². The molecular formula is C13H22MgNO8+3. The number of carbonyl (C=O) groups is 4. The fraction of sp³-hybridized carbons (Fsp3) is 0.538. The first-order valence-corrected chi connectivity index (χ1v) is 6.17. The molecule has 23 heavy (non-hydrogen) atoms. The molecule has 0 fully saturated rings. The molecule has 0 aromatic rings. The van der Waals surface area contributed by atoms with E-state index in [4.69, 9.17) is 15.3 Å². The van der Waals surface area contributed by atoms with Gasteiger partial charge in [0.15, 0.2) is 0 Å². The molecule has 0 rings (SSSR count). The van der Waals surface area contributed by atoms with Gasteiger partial charge >= 0.3 is 46.9 Å². The van der Waals surface area contributed by atoms with Crippen LogP contribution in [0.1, 0.15) is 13.3 Å². The summed E-state index contributed by atoms with van der Waals surface area (Å²) in [6, 6.07) is 0. The van der Waals surface area contributed by atoms with Crippen LogP contribution in [0.25, 0.3) is 0 Å². The van der Waals surface area contributed by atoms with Crippen LogP contribution in [0.4, 0.5) is 0 Å². The first kappa shape index (κ1) is 26.4. The molecule has 0 aliphatic carbocycles. The second-order valence-corrected chi connectivity index (χ2v) is 5.31. The third-order valence-electron chi connectivity index (χ3n) is 1.78. The molecule has 0 amide bonds.